The molecule has 0 heterocycles. The van der Waals surface area contributed by atoms with Crippen molar-refractivity contribution in [3.8, 4) is 0 Å². The van der Waals surface area contributed by atoms with Gasteiger partial charge in [0.15, 0.2) is 5.52 Å². The van der Waals surface area contributed by atoms with Crippen LogP contribution in [-0.4, -0.2) is 11.6 Å². The first-order valence-corrected chi connectivity index (χ1v) is 3.72. The number of rotatable bonds is 2. The predicted molar refractivity (Wildman–Crippen MR) is 26.3 cm³/mol. The van der Waals surface area contributed by atoms with E-state index in [1.54, 1.807) is 0 Å². The topological polar surface area (TPSA) is 106 Å². The van der Waals surface area contributed by atoms with E-state index in [2.05, 4.69) is 0 Å². The Morgan fingerprint density at radius 3 is 2.00 bits per heavy atom. The molecule has 0 saturated carbocycles. The summed E-state index contributed by atoms with van der Waals surface area (Å²) in [7, 11) is -5.08. The summed E-state index contributed by atoms with van der Waals surface area (Å²) in [6, 6.07) is -1.22. The Balaban J connectivity index is 4.24. The van der Waals surface area contributed by atoms with E-state index in [9.17, 15) is 19.1 Å². The van der Waals surface area contributed by atoms with Crippen molar-refractivity contribution in [2.75, 3.05) is 0 Å². The number of nitrogens with two attached hydrogens (primary N) is 1. The van der Waals surface area contributed by atoms with Gasteiger partial charge < -0.3 is 20.1 Å². The van der Waals surface area contributed by atoms with E-state index < -0.39 is 19.2 Å². The number of hydrogen-bond donors (Lipinski definition) is 1. The highest BCUT2D eigenvalue weighted by molar-refractivity contribution is 7.67. The third-order valence-corrected chi connectivity index (χ3v) is 1.61. The van der Waals surface area contributed by atoms with Gasteiger partial charge in [0.05, 0.1) is 6.04 Å². The zero-order valence-electron chi connectivity index (χ0n) is 4.73. The molecule has 0 aliphatic carbocycles. The van der Waals surface area contributed by atoms with E-state index in [4.69, 9.17) is 5.73 Å². The maximum atomic E-state index is 10.2. The Hall–Kier alpha value is -0.220. The molecular formula is C3H6NO4P-2. The van der Waals surface area contributed by atoms with Crippen LogP contribution in [0.25, 0.3) is 0 Å². The van der Waals surface area contributed by atoms with Crippen molar-refractivity contribution in [2.45, 2.75) is 13.0 Å². The average molecular weight is 151 g/mol. The lowest BCUT2D eigenvalue weighted by molar-refractivity contribution is -0.310. The molecule has 6 heteroatoms. The van der Waals surface area contributed by atoms with Crippen LogP contribution in [0.15, 0.2) is 0 Å². The van der Waals surface area contributed by atoms with Gasteiger partial charge in [-0.05, 0) is 6.92 Å². The summed E-state index contributed by atoms with van der Waals surface area (Å²) in [5.41, 5.74) is 3.36. The number of carbonyl (C=O) groups excluding carboxylic acids is 1. The van der Waals surface area contributed by atoms with Crippen LogP contribution < -0.4 is 15.5 Å². The minimum Gasteiger partial charge on any atom is -0.805 e. The van der Waals surface area contributed by atoms with E-state index in [-0.39, 0.29) is 0 Å². The molecule has 54 valence electrons. The van der Waals surface area contributed by atoms with Crippen LogP contribution in [-0.2, 0) is 9.36 Å². The SMILES string of the molecule is CC(N)C(=O)P(=O)([O-])[O-]. The van der Waals surface area contributed by atoms with E-state index in [0.717, 1.165) is 6.92 Å². The van der Waals surface area contributed by atoms with Crippen molar-refractivity contribution in [1.82, 2.24) is 0 Å². The quantitative estimate of drug-likeness (QED) is 0.449. The predicted octanol–water partition coefficient (Wildman–Crippen LogP) is -2.23. The molecule has 1 atom stereocenters. The van der Waals surface area contributed by atoms with Crippen LogP contribution in [0.3, 0.4) is 0 Å². The smallest absolute Gasteiger partial charge is 0.178 e. The third-order valence-electron chi connectivity index (χ3n) is 0.659. The van der Waals surface area contributed by atoms with Gasteiger partial charge in [-0.1, -0.05) is 0 Å². The second-order valence-corrected chi connectivity index (χ2v) is 3.06. The van der Waals surface area contributed by atoms with Gasteiger partial charge in [-0.3, -0.25) is 4.79 Å². The highest BCUT2D eigenvalue weighted by atomic mass is 31.2. The Bertz CT molecular complexity index is 159. The molecule has 0 aromatic rings. The monoisotopic (exact) mass is 151 g/mol. The van der Waals surface area contributed by atoms with E-state index in [1.807, 2.05) is 0 Å². The average Bonchev–Trinajstić information content (AvgIpc) is 1.62. The van der Waals surface area contributed by atoms with Crippen molar-refractivity contribution in [3.63, 3.8) is 0 Å². The van der Waals surface area contributed by atoms with Gasteiger partial charge in [0.2, 0.25) is 0 Å². The molecule has 0 aromatic carbocycles. The molecule has 0 saturated heterocycles. The minimum absolute atomic E-state index is 1.14. The van der Waals surface area contributed by atoms with Crippen LogP contribution in [0.2, 0.25) is 0 Å². The first kappa shape index (κ1) is 8.78. The molecule has 9 heavy (non-hydrogen) atoms. The Morgan fingerprint density at radius 2 is 2.00 bits per heavy atom. The van der Waals surface area contributed by atoms with Gasteiger partial charge in [-0.2, -0.15) is 0 Å². The van der Waals surface area contributed by atoms with Crippen molar-refractivity contribution >= 4 is 13.1 Å². The fraction of sp³-hybridized carbons (Fsp3) is 0.667. The maximum absolute atomic E-state index is 10.2. The molecule has 0 fully saturated rings. The van der Waals surface area contributed by atoms with Gasteiger partial charge in [0.25, 0.3) is 0 Å². The zero-order chi connectivity index (χ0) is 7.65. The lowest BCUT2D eigenvalue weighted by atomic mass is 10.4. The van der Waals surface area contributed by atoms with Crippen molar-refractivity contribution < 1.29 is 19.1 Å². The highest BCUT2D eigenvalue weighted by Crippen LogP contribution is 2.24. The molecule has 0 bridgehead atoms. The van der Waals surface area contributed by atoms with Gasteiger partial charge in [0.1, 0.15) is 0 Å². The molecule has 5 nitrogen and oxygen atoms in total. The van der Waals surface area contributed by atoms with Crippen molar-refractivity contribution in [1.29, 1.82) is 0 Å². The first-order chi connectivity index (χ1) is 3.85. The van der Waals surface area contributed by atoms with E-state index in [1.165, 1.54) is 0 Å². The van der Waals surface area contributed by atoms with Crippen LogP contribution in [0.4, 0.5) is 0 Å². The lowest BCUT2D eigenvalue weighted by Gasteiger charge is -2.28. The van der Waals surface area contributed by atoms with Crippen molar-refractivity contribution in [2.24, 2.45) is 5.73 Å². The third kappa shape index (κ3) is 2.72. The summed E-state index contributed by atoms with van der Waals surface area (Å²) in [5, 5.41) is 0. The number of carbonyl (C=O) groups is 1. The summed E-state index contributed by atoms with van der Waals surface area (Å²) >= 11 is 0. The molecule has 2 N–H and O–H groups in total. The molecule has 0 radical (unpaired) electrons. The summed E-state index contributed by atoms with van der Waals surface area (Å²) < 4.78 is 9.82. The maximum Gasteiger partial charge on any atom is 0.178 e. The molecule has 0 aliphatic rings. The molecule has 0 rings (SSSR count). The molecule has 0 spiro atoms. The standard InChI is InChI=1S/C3H8NO4P/c1-2(4)3(5)9(6,7)8/h2H,4H2,1H3,(H2,6,7,8)/p-2. The summed E-state index contributed by atoms with van der Waals surface area (Å²) in [6.45, 7) is 1.14. The molecule has 1 unspecified atom stereocenters. The lowest BCUT2D eigenvalue weighted by Crippen LogP contribution is -2.34. The largest absolute Gasteiger partial charge is 0.805 e. The number of hydrogen-bond acceptors (Lipinski definition) is 5. The molecule has 0 aliphatic heterocycles. The molecule has 0 aromatic heterocycles. The fourth-order valence-corrected chi connectivity index (χ4v) is 0.748. The second-order valence-electron chi connectivity index (χ2n) is 1.62. The Kier molecular flexibility index (Phi) is 2.51. The summed E-state index contributed by atoms with van der Waals surface area (Å²) in [6.07, 6.45) is 0. The van der Waals surface area contributed by atoms with Gasteiger partial charge in [-0.15, -0.1) is 0 Å². The molecular weight excluding hydrogens is 145 g/mol. The van der Waals surface area contributed by atoms with E-state index >= 15 is 0 Å². The summed E-state index contributed by atoms with van der Waals surface area (Å²) in [4.78, 5) is 29.8. The fourth-order valence-electron chi connectivity index (χ4n) is 0.249. The highest BCUT2D eigenvalue weighted by Gasteiger charge is 2.10. The van der Waals surface area contributed by atoms with Crippen LogP contribution in [0.5, 0.6) is 0 Å². The van der Waals surface area contributed by atoms with Crippen molar-refractivity contribution in [3.05, 3.63) is 0 Å². The summed E-state index contributed by atoms with van der Waals surface area (Å²) in [5.74, 6) is 0. The van der Waals surface area contributed by atoms with Gasteiger partial charge in [0, 0.05) is 7.60 Å². The van der Waals surface area contributed by atoms with Crippen LogP contribution >= 0.6 is 7.60 Å². The van der Waals surface area contributed by atoms with Gasteiger partial charge >= 0.3 is 0 Å². The zero-order valence-corrected chi connectivity index (χ0v) is 5.63. The second kappa shape index (κ2) is 2.58. The van der Waals surface area contributed by atoms with E-state index in [0.29, 0.717) is 0 Å². The Morgan fingerprint density at radius 1 is 1.67 bits per heavy atom. The van der Waals surface area contributed by atoms with Crippen LogP contribution in [0.1, 0.15) is 6.92 Å². The minimum atomic E-state index is -5.08. The normalized spacial score (nSPS) is 15.1. The van der Waals surface area contributed by atoms with Crippen LogP contribution in [0, 0.1) is 0 Å². The molecule has 0 amide bonds. The Labute approximate surface area is 52.0 Å². The van der Waals surface area contributed by atoms with Gasteiger partial charge in [-0.25, -0.2) is 0 Å². The first-order valence-electron chi connectivity index (χ1n) is 2.17.